The van der Waals surface area contributed by atoms with Gasteiger partial charge in [0.1, 0.15) is 5.82 Å². The average Bonchev–Trinajstić information content (AvgIpc) is 2.80. The van der Waals surface area contributed by atoms with E-state index in [0.29, 0.717) is 18.8 Å². The van der Waals surface area contributed by atoms with Crippen LogP contribution in [0, 0.1) is 17.3 Å². The predicted octanol–water partition coefficient (Wildman–Crippen LogP) is 3.24. The van der Waals surface area contributed by atoms with Gasteiger partial charge in [-0.25, -0.2) is 4.98 Å². The summed E-state index contributed by atoms with van der Waals surface area (Å²) < 4.78 is 0. The molecule has 1 aliphatic heterocycles. The van der Waals surface area contributed by atoms with Crippen LogP contribution in [0.1, 0.15) is 31.4 Å². The third-order valence-corrected chi connectivity index (χ3v) is 3.67. The van der Waals surface area contributed by atoms with Crippen molar-refractivity contribution < 1.29 is 4.79 Å². The molecule has 2 aromatic rings. The highest BCUT2D eigenvalue weighted by Crippen LogP contribution is 2.32. The van der Waals surface area contributed by atoms with Gasteiger partial charge in [-0.2, -0.15) is 0 Å². The van der Waals surface area contributed by atoms with E-state index < -0.39 is 0 Å². The van der Waals surface area contributed by atoms with E-state index in [4.69, 9.17) is 0 Å². The second kappa shape index (κ2) is 5.65. The molecule has 1 saturated heterocycles. The van der Waals surface area contributed by atoms with Crippen molar-refractivity contribution in [1.29, 1.82) is 0 Å². The number of anilines is 1. The lowest BCUT2D eigenvalue weighted by atomic mass is 9.93. The fraction of sp³-hybridized carbons (Fsp3) is 0.263. The second-order valence-electron chi connectivity index (χ2n) is 6.34. The lowest BCUT2D eigenvalue weighted by Crippen LogP contribution is -2.26. The minimum atomic E-state index is 0.0184. The summed E-state index contributed by atoms with van der Waals surface area (Å²) >= 11 is 0. The SMILES string of the molecule is CC1(C)CC(=O)N(c2ccc(C#Cc3ccccc3)cn2)C1. The maximum Gasteiger partial charge on any atom is 0.228 e. The van der Waals surface area contributed by atoms with Gasteiger partial charge in [0.15, 0.2) is 0 Å². The van der Waals surface area contributed by atoms with Gasteiger partial charge in [0.25, 0.3) is 0 Å². The van der Waals surface area contributed by atoms with Crippen LogP contribution < -0.4 is 4.90 Å². The van der Waals surface area contributed by atoms with E-state index >= 15 is 0 Å². The number of carbonyl (C=O) groups is 1. The van der Waals surface area contributed by atoms with Crippen molar-refractivity contribution in [2.45, 2.75) is 20.3 Å². The molecule has 0 radical (unpaired) electrons. The van der Waals surface area contributed by atoms with Gasteiger partial charge >= 0.3 is 0 Å². The molecule has 3 rings (SSSR count). The Morgan fingerprint density at radius 3 is 2.36 bits per heavy atom. The van der Waals surface area contributed by atoms with E-state index in [2.05, 4.69) is 30.7 Å². The number of hydrogen-bond donors (Lipinski definition) is 0. The van der Waals surface area contributed by atoms with Gasteiger partial charge in [0.05, 0.1) is 0 Å². The zero-order valence-corrected chi connectivity index (χ0v) is 12.8. The highest BCUT2D eigenvalue weighted by atomic mass is 16.2. The Morgan fingerprint density at radius 1 is 1.05 bits per heavy atom. The topological polar surface area (TPSA) is 33.2 Å². The van der Waals surface area contributed by atoms with Crippen molar-refractivity contribution >= 4 is 11.7 Å². The first-order valence-corrected chi connectivity index (χ1v) is 7.37. The summed E-state index contributed by atoms with van der Waals surface area (Å²) in [4.78, 5) is 18.2. The molecule has 1 amide bonds. The molecule has 22 heavy (non-hydrogen) atoms. The zero-order chi connectivity index (χ0) is 15.6. The van der Waals surface area contributed by atoms with Gasteiger partial charge in [0, 0.05) is 30.3 Å². The summed E-state index contributed by atoms with van der Waals surface area (Å²) in [6, 6.07) is 13.6. The third kappa shape index (κ3) is 3.17. The Labute approximate surface area is 131 Å². The number of nitrogens with zero attached hydrogens (tertiary/aromatic N) is 2. The molecule has 3 nitrogen and oxygen atoms in total. The number of pyridine rings is 1. The first-order valence-electron chi connectivity index (χ1n) is 7.37. The fourth-order valence-electron chi connectivity index (χ4n) is 2.57. The van der Waals surface area contributed by atoms with Crippen molar-refractivity contribution in [2.24, 2.45) is 5.41 Å². The first kappa shape index (κ1) is 14.3. The van der Waals surface area contributed by atoms with Crippen molar-refractivity contribution in [2.75, 3.05) is 11.4 Å². The quantitative estimate of drug-likeness (QED) is 0.755. The summed E-state index contributed by atoms with van der Waals surface area (Å²) in [6.45, 7) is 4.92. The Bertz CT molecular complexity index is 736. The highest BCUT2D eigenvalue weighted by molar-refractivity contribution is 5.95. The van der Waals surface area contributed by atoms with Crippen LogP contribution in [0.25, 0.3) is 0 Å². The molecular weight excluding hydrogens is 272 g/mol. The number of aromatic nitrogens is 1. The molecule has 1 aromatic heterocycles. The molecule has 1 aromatic carbocycles. The summed E-state index contributed by atoms with van der Waals surface area (Å²) in [5.41, 5.74) is 1.84. The minimum absolute atomic E-state index is 0.0184. The lowest BCUT2D eigenvalue weighted by molar-refractivity contribution is -0.117. The van der Waals surface area contributed by atoms with Crippen LogP contribution in [0.3, 0.4) is 0 Å². The van der Waals surface area contributed by atoms with Crippen LogP contribution >= 0.6 is 0 Å². The van der Waals surface area contributed by atoms with Gasteiger partial charge in [-0.15, -0.1) is 0 Å². The normalized spacial score (nSPS) is 16.3. The number of hydrogen-bond acceptors (Lipinski definition) is 2. The summed E-state index contributed by atoms with van der Waals surface area (Å²) in [5, 5.41) is 0. The van der Waals surface area contributed by atoms with Crippen molar-refractivity contribution in [3.05, 3.63) is 59.8 Å². The molecule has 2 heterocycles. The summed E-state index contributed by atoms with van der Waals surface area (Å²) in [5.74, 6) is 7.04. The van der Waals surface area contributed by atoms with Crippen LogP contribution in [-0.2, 0) is 4.79 Å². The Hall–Kier alpha value is -2.60. The predicted molar refractivity (Wildman–Crippen MR) is 87.4 cm³/mol. The Balaban J connectivity index is 1.77. The molecule has 0 aliphatic carbocycles. The Kier molecular flexibility index (Phi) is 3.68. The monoisotopic (exact) mass is 290 g/mol. The molecule has 3 heteroatoms. The van der Waals surface area contributed by atoms with E-state index in [-0.39, 0.29) is 11.3 Å². The largest absolute Gasteiger partial charge is 0.296 e. The molecule has 1 fully saturated rings. The molecule has 0 spiro atoms. The maximum atomic E-state index is 12.0. The molecule has 0 saturated carbocycles. The smallest absolute Gasteiger partial charge is 0.228 e. The van der Waals surface area contributed by atoms with Crippen LogP contribution in [0.5, 0.6) is 0 Å². The van der Waals surface area contributed by atoms with Crippen molar-refractivity contribution in [1.82, 2.24) is 4.98 Å². The van der Waals surface area contributed by atoms with Gasteiger partial charge in [0.2, 0.25) is 5.91 Å². The summed E-state index contributed by atoms with van der Waals surface area (Å²) in [7, 11) is 0. The zero-order valence-electron chi connectivity index (χ0n) is 12.8. The standard InChI is InChI=1S/C19H18N2O/c1-19(2)12-18(22)21(14-19)17-11-10-16(13-20-17)9-8-15-6-4-3-5-7-15/h3-7,10-11,13H,12,14H2,1-2H3. The molecule has 1 aliphatic rings. The molecule has 0 unspecified atom stereocenters. The van der Waals surface area contributed by atoms with Gasteiger partial charge in [-0.3, -0.25) is 9.69 Å². The fourth-order valence-corrected chi connectivity index (χ4v) is 2.57. The van der Waals surface area contributed by atoms with Crippen LogP contribution in [0.2, 0.25) is 0 Å². The lowest BCUT2D eigenvalue weighted by Gasteiger charge is -2.18. The Morgan fingerprint density at radius 2 is 1.77 bits per heavy atom. The van der Waals surface area contributed by atoms with Gasteiger partial charge in [-0.1, -0.05) is 43.9 Å². The molecule has 110 valence electrons. The average molecular weight is 290 g/mol. The summed E-state index contributed by atoms with van der Waals surface area (Å²) in [6.07, 6.45) is 2.30. The third-order valence-electron chi connectivity index (χ3n) is 3.67. The molecular formula is C19H18N2O. The number of carbonyl (C=O) groups excluding carboxylic acids is 1. The van der Waals surface area contributed by atoms with E-state index in [1.165, 1.54) is 0 Å². The van der Waals surface area contributed by atoms with Crippen molar-refractivity contribution in [3.63, 3.8) is 0 Å². The van der Waals surface area contributed by atoms with E-state index in [1.54, 1.807) is 11.1 Å². The molecule has 0 atom stereocenters. The number of rotatable bonds is 1. The molecule has 0 bridgehead atoms. The number of amides is 1. The molecule has 0 N–H and O–H groups in total. The van der Waals surface area contributed by atoms with Crippen LogP contribution in [0.15, 0.2) is 48.7 Å². The van der Waals surface area contributed by atoms with Gasteiger partial charge < -0.3 is 0 Å². The van der Waals surface area contributed by atoms with E-state index in [1.807, 2.05) is 42.5 Å². The second-order valence-corrected chi connectivity index (χ2v) is 6.34. The first-order chi connectivity index (χ1) is 10.5. The minimum Gasteiger partial charge on any atom is -0.296 e. The van der Waals surface area contributed by atoms with Crippen LogP contribution in [0.4, 0.5) is 5.82 Å². The van der Waals surface area contributed by atoms with E-state index in [9.17, 15) is 4.79 Å². The van der Waals surface area contributed by atoms with Crippen molar-refractivity contribution in [3.8, 4) is 11.8 Å². The van der Waals surface area contributed by atoms with Gasteiger partial charge in [-0.05, 0) is 29.7 Å². The highest BCUT2D eigenvalue weighted by Gasteiger charge is 2.36. The van der Waals surface area contributed by atoms with E-state index in [0.717, 1.165) is 11.1 Å². The van der Waals surface area contributed by atoms with Crippen LogP contribution in [-0.4, -0.2) is 17.4 Å². The number of benzene rings is 1. The maximum absolute atomic E-state index is 12.0.